The first-order valence-electron chi connectivity index (χ1n) is 23.2. The van der Waals surface area contributed by atoms with Gasteiger partial charge < -0.3 is 34.4 Å². The standard InChI is InChI=1S/C51H62F3N5O8S2/c1-33-44(69-32-56-33)35-16-14-34(15-17-35)29-55-45(62)43-28-39(60)30-57(43)46(63)42(49(2,3)4)27-40(61)31-66-24-11-23-65-22-8-7-9-25-67-41-20-18-37(19-21-41)59-48(68)58(47(64)50(59,5)6)38-13-10-12-36(26-38)51(52,53)54/h10,12-21,26,32,39,42-43,60H,7-9,11,22-25,27-31H2,1-6H3,(H,55,62)/t39-,42-,43+/m1/s1. The van der Waals surface area contributed by atoms with Crippen LogP contribution in [0.1, 0.15) is 90.0 Å². The van der Waals surface area contributed by atoms with Crippen molar-refractivity contribution in [2.24, 2.45) is 11.3 Å². The molecule has 2 fully saturated rings. The number of nitrogens with zero attached hydrogens (tertiary/aromatic N) is 4. The van der Waals surface area contributed by atoms with Crippen LogP contribution in [0.15, 0.2) is 78.3 Å². The Balaban J connectivity index is 0.843. The van der Waals surface area contributed by atoms with Crippen LogP contribution >= 0.6 is 23.6 Å². The molecule has 3 amide bonds. The molecule has 4 aromatic rings. The molecule has 13 nitrogen and oxygen atoms in total. The number of unbranched alkanes of at least 4 members (excludes halogenated alkanes) is 2. The number of aryl methyl sites for hydroxylation is 1. The Labute approximate surface area is 411 Å². The minimum atomic E-state index is -4.57. The lowest BCUT2D eigenvalue weighted by molar-refractivity contribution is -0.146. The van der Waals surface area contributed by atoms with E-state index in [2.05, 4.69) is 10.3 Å². The predicted molar refractivity (Wildman–Crippen MR) is 263 cm³/mol. The number of nitrogens with one attached hydrogen (secondary N) is 1. The van der Waals surface area contributed by atoms with Gasteiger partial charge in [0.1, 0.15) is 23.9 Å². The third kappa shape index (κ3) is 13.5. The molecule has 0 spiro atoms. The first-order valence-corrected chi connectivity index (χ1v) is 24.5. The highest BCUT2D eigenvalue weighted by molar-refractivity contribution is 7.81. The Morgan fingerprint density at radius 2 is 1.61 bits per heavy atom. The zero-order valence-electron chi connectivity index (χ0n) is 40.0. The van der Waals surface area contributed by atoms with E-state index < -0.39 is 46.7 Å². The molecule has 2 aliphatic heterocycles. The second-order valence-electron chi connectivity index (χ2n) is 19.0. The molecule has 0 unspecified atom stereocenters. The summed E-state index contributed by atoms with van der Waals surface area (Å²) in [6, 6.07) is 18.6. The molecule has 2 N–H and O–H groups in total. The molecular formula is C51H62F3N5O8S2. The second kappa shape index (κ2) is 23.1. The van der Waals surface area contributed by atoms with E-state index in [-0.39, 0.29) is 60.9 Å². The highest BCUT2D eigenvalue weighted by Crippen LogP contribution is 2.39. The summed E-state index contributed by atoms with van der Waals surface area (Å²) in [4.78, 5) is 63.6. The predicted octanol–water partition coefficient (Wildman–Crippen LogP) is 8.93. The van der Waals surface area contributed by atoms with Crippen molar-refractivity contribution in [3.8, 4) is 16.2 Å². The zero-order valence-corrected chi connectivity index (χ0v) is 41.6. The molecule has 3 aromatic carbocycles. The number of aliphatic hydroxyl groups excluding tert-OH is 1. The van der Waals surface area contributed by atoms with Gasteiger partial charge in [-0.25, -0.2) is 4.98 Å². The van der Waals surface area contributed by atoms with Gasteiger partial charge in [-0.1, -0.05) is 51.1 Å². The minimum Gasteiger partial charge on any atom is -0.494 e. The maximum Gasteiger partial charge on any atom is 0.416 e. The Bertz CT molecular complexity index is 2420. The van der Waals surface area contributed by atoms with Crippen molar-refractivity contribution in [1.29, 1.82) is 0 Å². The van der Waals surface area contributed by atoms with E-state index in [4.69, 9.17) is 26.4 Å². The van der Waals surface area contributed by atoms with E-state index in [0.29, 0.717) is 44.3 Å². The number of carbonyl (C=O) groups is 4. The smallest absolute Gasteiger partial charge is 0.416 e. The molecule has 69 heavy (non-hydrogen) atoms. The Morgan fingerprint density at radius 3 is 2.28 bits per heavy atom. The van der Waals surface area contributed by atoms with Gasteiger partial charge in [0.15, 0.2) is 10.9 Å². The summed E-state index contributed by atoms with van der Waals surface area (Å²) < 4.78 is 57.6. The van der Waals surface area contributed by atoms with Crippen LogP contribution in [0, 0.1) is 18.3 Å². The number of hydrogen-bond donors (Lipinski definition) is 2. The van der Waals surface area contributed by atoms with Crippen LogP contribution in [0.2, 0.25) is 0 Å². The van der Waals surface area contributed by atoms with E-state index in [1.807, 2.05) is 57.5 Å². The zero-order chi connectivity index (χ0) is 50.1. The van der Waals surface area contributed by atoms with Crippen LogP contribution in [0.3, 0.4) is 0 Å². The summed E-state index contributed by atoms with van der Waals surface area (Å²) in [5, 5.41) is 13.6. The van der Waals surface area contributed by atoms with Crippen LogP contribution in [0.4, 0.5) is 24.5 Å². The number of rotatable bonds is 22. The van der Waals surface area contributed by atoms with E-state index in [1.54, 1.807) is 54.3 Å². The van der Waals surface area contributed by atoms with Gasteiger partial charge in [-0.15, -0.1) is 11.3 Å². The van der Waals surface area contributed by atoms with Crippen molar-refractivity contribution in [2.75, 3.05) is 49.4 Å². The topological polar surface area (TPSA) is 151 Å². The Morgan fingerprint density at radius 1 is 0.928 bits per heavy atom. The molecular weight excluding hydrogens is 932 g/mol. The van der Waals surface area contributed by atoms with Crippen LogP contribution in [-0.2, 0) is 41.4 Å². The number of halogens is 3. The molecule has 1 aromatic heterocycles. The molecule has 372 valence electrons. The first kappa shape index (κ1) is 53.1. The number of β-amino-alcohol motifs (C(OH)–C–C–N with tert-alkyl or cyclic N) is 1. The fourth-order valence-corrected chi connectivity index (χ4v) is 9.74. The molecule has 2 saturated heterocycles. The number of aliphatic hydroxyl groups is 1. The number of thiocarbonyl (C=S) groups is 1. The van der Waals surface area contributed by atoms with Crippen molar-refractivity contribution in [3.63, 3.8) is 0 Å². The van der Waals surface area contributed by atoms with Gasteiger partial charge >= 0.3 is 6.18 Å². The molecule has 3 atom stereocenters. The summed E-state index contributed by atoms with van der Waals surface area (Å²) in [7, 11) is 0. The number of benzene rings is 3. The lowest BCUT2D eigenvalue weighted by Gasteiger charge is -2.34. The summed E-state index contributed by atoms with van der Waals surface area (Å²) in [6.45, 7) is 12.9. The number of ketones is 1. The molecule has 0 aliphatic carbocycles. The van der Waals surface area contributed by atoms with Gasteiger partial charge in [-0.05, 0) is 118 Å². The van der Waals surface area contributed by atoms with E-state index in [1.165, 1.54) is 17.0 Å². The van der Waals surface area contributed by atoms with Crippen LogP contribution in [-0.4, -0.2) is 101 Å². The summed E-state index contributed by atoms with van der Waals surface area (Å²) in [5.74, 6) is -1.45. The molecule has 0 radical (unpaired) electrons. The van der Waals surface area contributed by atoms with Crippen molar-refractivity contribution in [3.05, 3.63) is 95.1 Å². The number of amides is 3. The van der Waals surface area contributed by atoms with Gasteiger partial charge in [0.2, 0.25) is 11.8 Å². The largest absolute Gasteiger partial charge is 0.494 e. The Hall–Kier alpha value is -5.27. The van der Waals surface area contributed by atoms with Crippen molar-refractivity contribution in [2.45, 2.75) is 110 Å². The summed E-state index contributed by atoms with van der Waals surface area (Å²) in [5.41, 5.74) is 2.76. The number of thiazole rings is 1. The summed E-state index contributed by atoms with van der Waals surface area (Å²) in [6.07, 6.45) is -2.30. The normalized spacial score (nSPS) is 17.7. The van der Waals surface area contributed by atoms with Gasteiger partial charge in [0.25, 0.3) is 5.91 Å². The summed E-state index contributed by atoms with van der Waals surface area (Å²) >= 11 is 7.20. The quantitative estimate of drug-likeness (QED) is 0.0574. The van der Waals surface area contributed by atoms with Crippen molar-refractivity contribution >= 4 is 63.5 Å². The molecule has 18 heteroatoms. The fourth-order valence-electron chi connectivity index (χ4n) is 8.41. The maximum absolute atomic E-state index is 14.0. The molecule has 2 aliphatic rings. The van der Waals surface area contributed by atoms with E-state index in [9.17, 15) is 37.5 Å². The number of Topliss-reactive ketones (excluding diaryl/α,β-unsaturated/α-hetero) is 1. The Kier molecular flexibility index (Phi) is 17.8. The highest BCUT2D eigenvalue weighted by atomic mass is 32.1. The number of aromatic nitrogens is 1. The lowest BCUT2D eigenvalue weighted by atomic mass is 9.77. The number of anilines is 2. The van der Waals surface area contributed by atoms with Gasteiger partial charge in [-0.3, -0.25) is 24.1 Å². The highest BCUT2D eigenvalue weighted by Gasteiger charge is 2.51. The number of alkyl halides is 3. The minimum absolute atomic E-state index is 0.0153. The SMILES string of the molecule is Cc1ncsc1-c1ccc(CNC(=O)[C@@H]2C[C@@H](O)CN2C(=O)[C@@H](CC(=O)COCCCOCCCCCOc2ccc(N3C(=S)N(c4cccc(C(F)(F)F)c4)C(=O)C3(C)C)cc2)C(C)(C)C)cc1. The monoisotopic (exact) mass is 993 g/mol. The molecule has 0 bridgehead atoms. The van der Waals surface area contributed by atoms with Gasteiger partial charge in [-0.2, -0.15) is 13.2 Å². The van der Waals surface area contributed by atoms with Crippen molar-refractivity contribution < 1.29 is 51.7 Å². The number of hydrogen-bond acceptors (Lipinski definition) is 11. The third-order valence-corrected chi connectivity index (χ3v) is 13.6. The second-order valence-corrected chi connectivity index (χ2v) is 20.2. The lowest BCUT2D eigenvalue weighted by Crippen LogP contribution is -2.50. The van der Waals surface area contributed by atoms with Crippen LogP contribution in [0.5, 0.6) is 5.75 Å². The van der Waals surface area contributed by atoms with Crippen LogP contribution < -0.4 is 19.9 Å². The van der Waals surface area contributed by atoms with Gasteiger partial charge in [0.05, 0.1) is 40.0 Å². The number of carbonyl (C=O) groups excluding carboxylic acids is 4. The number of likely N-dealkylation sites (tertiary alicyclic amines) is 1. The maximum atomic E-state index is 14.0. The van der Waals surface area contributed by atoms with Gasteiger partial charge in [0, 0.05) is 57.4 Å². The first-order chi connectivity index (χ1) is 32.7. The molecule has 3 heterocycles. The van der Waals surface area contributed by atoms with Crippen LogP contribution in [0.25, 0.3) is 10.4 Å². The van der Waals surface area contributed by atoms with E-state index >= 15 is 0 Å². The third-order valence-electron chi connectivity index (χ3n) is 12.3. The molecule has 6 rings (SSSR count). The fraction of sp³-hybridized carbons (Fsp3) is 0.490. The number of ether oxygens (including phenoxy) is 3. The van der Waals surface area contributed by atoms with E-state index in [0.717, 1.165) is 58.0 Å². The van der Waals surface area contributed by atoms with Crippen molar-refractivity contribution in [1.82, 2.24) is 15.2 Å². The average molecular weight is 994 g/mol. The average Bonchev–Trinajstić information content (AvgIpc) is 3.97. The molecule has 0 saturated carbocycles.